The van der Waals surface area contributed by atoms with Gasteiger partial charge in [0.1, 0.15) is 0 Å². The van der Waals surface area contributed by atoms with Crippen molar-refractivity contribution in [1.82, 2.24) is 4.90 Å². The van der Waals surface area contributed by atoms with Crippen LogP contribution in [-0.2, 0) is 4.79 Å². The Labute approximate surface area is 116 Å². The molecular formula is C14H26N2OS. The molecule has 1 aliphatic heterocycles. The number of carbonyl (C=O) groups is 1. The van der Waals surface area contributed by atoms with Crippen molar-refractivity contribution in [3.8, 4) is 0 Å². The first-order chi connectivity index (χ1) is 8.38. The zero-order valence-corrected chi connectivity index (χ0v) is 12.8. The molecule has 18 heavy (non-hydrogen) atoms. The number of piperidine rings is 1. The lowest BCUT2D eigenvalue weighted by atomic mass is 9.85. The van der Waals surface area contributed by atoms with Crippen LogP contribution in [0.2, 0.25) is 0 Å². The van der Waals surface area contributed by atoms with E-state index in [-0.39, 0.29) is 11.8 Å². The van der Waals surface area contributed by atoms with Crippen LogP contribution >= 0.6 is 12.2 Å². The monoisotopic (exact) mass is 270 g/mol. The van der Waals surface area contributed by atoms with Gasteiger partial charge in [0.25, 0.3) is 0 Å². The second-order valence-electron chi connectivity index (χ2n) is 5.79. The third-order valence-electron chi connectivity index (χ3n) is 4.10. The fourth-order valence-electron chi connectivity index (χ4n) is 2.88. The Morgan fingerprint density at radius 1 is 1.44 bits per heavy atom. The SMILES string of the molecule is CCCC(C(=O)N1CC(C)CC(C)C1C)C(N)=S. The van der Waals surface area contributed by atoms with Crippen molar-refractivity contribution in [2.24, 2.45) is 23.5 Å². The number of nitrogens with zero attached hydrogens (tertiary/aromatic N) is 1. The van der Waals surface area contributed by atoms with Crippen molar-refractivity contribution in [2.45, 2.75) is 53.0 Å². The van der Waals surface area contributed by atoms with E-state index in [0.29, 0.717) is 22.9 Å². The normalized spacial score (nSPS) is 30.0. The average Bonchev–Trinajstić information content (AvgIpc) is 2.29. The van der Waals surface area contributed by atoms with Gasteiger partial charge in [-0.25, -0.2) is 0 Å². The largest absolute Gasteiger partial charge is 0.393 e. The molecule has 1 heterocycles. The van der Waals surface area contributed by atoms with E-state index in [9.17, 15) is 4.79 Å². The van der Waals surface area contributed by atoms with Gasteiger partial charge in [0.2, 0.25) is 5.91 Å². The third-order valence-corrected chi connectivity index (χ3v) is 4.38. The average molecular weight is 270 g/mol. The maximum atomic E-state index is 12.6. The molecule has 0 spiro atoms. The topological polar surface area (TPSA) is 46.3 Å². The summed E-state index contributed by atoms with van der Waals surface area (Å²) in [5.74, 6) is 0.972. The molecule has 1 fully saturated rings. The molecule has 4 unspecified atom stereocenters. The molecule has 0 radical (unpaired) electrons. The van der Waals surface area contributed by atoms with Crippen molar-refractivity contribution in [2.75, 3.05) is 6.54 Å². The minimum Gasteiger partial charge on any atom is -0.393 e. The molecule has 0 aromatic carbocycles. The Bertz CT molecular complexity index is 319. The van der Waals surface area contributed by atoms with Crippen molar-refractivity contribution in [3.05, 3.63) is 0 Å². The standard InChI is InChI=1S/C14H26N2OS/c1-5-6-12(13(15)18)14(17)16-8-9(2)7-10(3)11(16)4/h9-12H,5-8H2,1-4H3,(H2,15,18). The predicted molar refractivity (Wildman–Crippen MR) is 79.3 cm³/mol. The van der Waals surface area contributed by atoms with E-state index < -0.39 is 0 Å². The van der Waals surface area contributed by atoms with Gasteiger partial charge in [-0.05, 0) is 31.6 Å². The number of thiocarbonyl (C=S) groups is 1. The van der Waals surface area contributed by atoms with Gasteiger partial charge in [0.05, 0.1) is 10.9 Å². The number of amides is 1. The zero-order valence-electron chi connectivity index (χ0n) is 12.0. The first-order valence-electron chi connectivity index (χ1n) is 6.98. The molecule has 4 atom stereocenters. The van der Waals surface area contributed by atoms with Crippen molar-refractivity contribution in [3.63, 3.8) is 0 Å². The Balaban J connectivity index is 2.82. The Morgan fingerprint density at radius 3 is 2.56 bits per heavy atom. The summed E-state index contributed by atoms with van der Waals surface area (Å²) in [7, 11) is 0. The highest BCUT2D eigenvalue weighted by atomic mass is 32.1. The summed E-state index contributed by atoms with van der Waals surface area (Å²) in [5, 5.41) is 0. The smallest absolute Gasteiger partial charge is 0.232 e. The molecule has 0 aromatic heterocycles. The molecule has 0 bridgehead atoms. The van der Waals surface area contributed by atoms with E-state index >= 15 is 0 Å². The van der Waals surface area contributed by atoms with Gasteiger partial charge < -0.3 is 10.6 Å². The van der Waals surface area contributed by atoms with Crippen LogP contribution in [0.15, 0.2) is 0 Å². The predicted octanol–water partition coefficient (Wildman–Crippen LogP) is 2.58. The molecule has 1 amide bonds. The lowest BCUT2D eigenvalue weighted by molar-refractivity contribution is -0.139. The molecule has 1 aliphatic rings. The molecule has 4 heteroatoms. The van der Waals surface area contributed by atoms with Crippen LogP contribution in [0.5, 0.6) is 0 Å². The summed E-state index contributed by atoms with van der Waals surface area (Å²) in [6.45, 7) is 9.46. The van der Waals surface area contributed by atoms with E-state index in [0.717, 1.165) is 19.4 Å². The van der Waals surface area contributed by atoms with Gasteiger partial charge >= 0.3 is 0 Å². The highest BCUT2D eigenvalue weighted by Crippen LogP contribution is 2.28. The number of likely N-dealkylation sites (tertiary alicyclic amines) is 1. The molecule has 1 rings (SSSR count). The Hall–Kier alpha value is -0.640. The van der Waals surface area contributed by atoms with E-state index in [1.54, 1.807) is 0 Å². The van der Waals surface area contributed by atoms with Crippen LogP contribution in [-0.4, -0.2) is 28.4 Å². The van der Waals surface area contributed by atoms with E-state index in [1.807, 2.05) is 4.90 Å². The fourth-order valence-corrected chi connectivity index (χ4v) is 3.10. The summed E-state index contributed by atoms with van der Waals surface area (Å²) >= 11 is 5.06. The Kier molecular flexibility index (Phi) is 5.57. The van der Waals surface area contributed by atoms with Crippen molar-refractivity contribution < 1.29 is 4.79 Å². The molecule has 104 valence electrons. The number of hydrogen-bond acceptors (Lipinski definition) is 2. The maximum Gasteiger partial charge on any atom is 0.232 e. The van der Waals surface area contributed by atoms with Gasteiger partial charge in [-0.1, -0.05) is 39.4 Å². The van der Waals surface area contributed by atoms with Crippen LogP contribution in [0.25, 0.3) is 0 Å². The lowest BCUT2D eigenvalue weighted by Crippen LogP contribution is -2.52. The number of nitrogens with two attached hydrogens (primary N) is 1. The van der Waals surface area contributed by atoms with Gasteiger partial charge in [-0.3, -0.25) is 4.79 Å². The van der Waals surface area contributed by atoms with Gasteiger partial charge in [0.15, 0.2) is 0 Å². The maximum absolute atomic E-state index is 12.6. The highest BCUT2D eigenvalue weighted by Gasteiger charge is 2.35. The number of hydrogen-bond donors (Lipinski definition) is 1. The second-order valence-corrected chi connectivity index (χ2v) is 6.26. The number of carbonyl (C=O) groups excluding carboxylic acids is 1. The number of rotatable bonds is 4. The summed E-state index contributed by atoms with van der Waals surface area (Å²) in [6, 6.07) is 0.294. The van der Waals surface area contributed by atoms with Crippen molar-refractivity contribution in [1.29, 1.82) is 0 Å². The summed E-state index contributed by atoms with van der Waals surface area (Å²) in [6.07, 6.45) is 2.89. The van der Waals surface area contributed by atoms with Gasteiger partial charge in [-0.15, -0.1) is 0 Å². The van der Waals surface area contributed by atoms with Crippen LogP contribution in [0.1, 0.15) is 47.0 Å². The molecule has 0 aliphatic carbocycles. The molecular weight excluding hydrogens is 244 g/mol. The highest BCUT2D eigenvalue weighted by molar-refractivity contribution is 7.80. The van der Waals surface area contributed by atoms with Crippen molar-refractivity contribution >= 4 is 23.1 Å². The van der Waals surface area contributed by atoms with E-state index in [1.165, 1.54) is 6.42 Å². The van der Waals surface area contributed by atoms with Crippen LogP contribution in [0, 0.1) is 17.8 Å². The zero-order chi connectivity index (χ0) is 13.9. The van der Waals surface area contributed by atoms with Crippen LogP contribution in [0.3, 0.4) is 0 Å². The fraction of sp³-hybridized carbons (Fsp3) is 0.857. The van der Waals surface area contributed by atoms with Crippen LogP contribution in [0.4, 0.5) is 0 Å². The van der Waals surface area contributed by atoms with E-state index in [2.05, 4.69) is 27.7 Å². The summed E-state index contributed by atoms with van der Waals surface area (Å²) in [4.78, 5) is 14.9. The minimum absolute atomic E-state index is 0.134. The lowest BCUT2D eigenvalue weighted by Gasteiger charge is -2.42. The van der Waals surface area contributed by atoms with Crippen LogP contribution < -0.4 is 5.73 Å². The molecule has 0 aromatic rings. The molecule has 3 nitrogen and oxygen atoms in total. The summed E-state index contributed by atoms with van der Waals surface area (Å²) in [5.41, 5.74) is 5.73. The van der Waals surface area contributed by atoms with Gasteiger partial charge in [0, 0.05) is 12.6 Å². The molecule has 1 saturated heterocycles. The molecule has 0 saturated carbocycles. The Morgan fingerprint density at radius 2 is 2.06 bits per heavy atom. The third kappa shape index (κ3) is 3.44. The molecule has 2 N–H and O–H groups in total. The van der Waals surface area contributed by atoms with Gasteiger partial charge in [-0.2, -0.15) is 0 Å². The second kappa shape index (κ2) is 6.50. The summed E-state index contributed by atoms with van der Waals surface area (Å²) < 4.78 is 0. The first kappa shape index (κ1) is 15.4. The quantitative estimate of drug-likeness (QED) is 0.799. The minimum atomic E-state index is -0.273. The first-order valence-corrected chi connectivity index (χ1v) is 7.39. The van der Waals surface area contributed by atoms with E-state index in [4.69, 9.17) is 18.0 Å².